The molecule has 2 aromatic heterocycles. The van der Waals surface area contributed by atoms with Crippen molar-refractivity contribution in [2.24, 2.45) is 0 Å². The van der Waals surface area contributed by atoms with E-state index in [9.17, 15) is 4.79 Å². The van der Waals surface area contributed by atoms with E-state index in [0.717, 1.165) is 53.3 Å². The van der Waals surface area contributed by atoms with E-state index < -0.39 is 0 Å². The van der Waals surface area contributed by atoms with Crippen LogP contribution in [0.4, 0.5) is 0 Å². The lowest BCUT2D eigenvalue weighted by atomic mass is 10.2. The van der Waals surface area contributed by atoms with Gasteiger partial charge in [0.1, 0.15) is 18.1 Å². The number of hydrazine groups is 1. The van der Waals surface area contributed by atoms with E-state index in [1.807, 2.05) is 41.6 Å². The van der Waals surface area contributed by atoms with Gasteiger partial charge in [0, 0.05) is 29.4 Å². The van der Waals surface area contributed by atoms with Crippen molar-refractivity contribution in [3.05, 3.63) is 46.0 Å². The first kappa shape index (κ1) is 17.1. The minimum absolute atomic E-state index is 0.107. The molecule has 0 saturated carbocycles. The van der Waals surface area contributed by atoms with Gasteiger partial charge in [0.15, 0.2) is 0 Å². The second kappa shape index (κ2) is 7.47. The van der Waals surface area contributed by atoms with Gasteiger partial charge in [-0.2, -0.15) is 0 Å². The zero-order chi connectivity index (χ0) is 17.9. The van der Waals surface area contributed by atoms with Crippen molar-refractivity contribution in [3.63, 3.8) is 0 Å². The molecule has 1 saturated heterocycles. The highest BCUT2D eigenvalue weighted by molar-refractivity contribution is 7.09. The van der Waals surface area contributed by atoms with Gasteiger partial charge in [-0.25, -0.2) is 9.99 Å². The molecule has 26 heavy (non-hydrogen) atoms. The number of benzene rings is 1. The molecule has 1 amide bonds. The number of aryl methyl sites for hydroxylation is 1. The van der Waals surface area contributed by atoms with Crippen LogP contribution in [0.1, 0.15) is 40.5 Å². The highest BCUT2D eigenvalue weighted by Gasteiger charge is 2.17. The second-order valence-corrected chi connectivity index (χ2v) is 7.60. The number of H-pyrrole nitrogens is 1. The average Bonchev–Trinajstić information content (AvgIpc) is 3.27. The van der Waals surface area contributed by atoms with E-state index in [-0.39, 0.29) is 5.91 Å². The third kappa shape index (κ3) is 3.73. The van der Waals surface area contributed by atoms with Gasteiger partial charge >= 0.3 is 0 Å². The monoisotopic (exact) mass is 370 g/mol. The molecule has 6 nitrogen and oxygen atoms in total. The van der Waals surface area contributed by atoms with Gasteiger partial charge in [0.2, 0.25) is 0 Å². The summed E-state index contributed by atoms with van der Waals surface area (Å²) in [7, 11) is 0. The number of hydrogen-bond acceptors (Lipinski definition) is 5. The number of nitrogens with zero attached hydrogens (tertiary/aromatic N) is 2. The smallest absolute Gasteiger partial charge is 0.282 e. The predicted molar refractivity (Wildman–Crippen MR) is 102 cm³/mol. The normalized spacial score (nSPS) is 15.3. The molecule has 0 aliphatic carbocycles. The van der Waals surface area contributed by atoms with E-state index in [1.54, 1.807) is 11.3 Å². The summed E-state index contributed by atoms with van der Waals surface area (Å²) in [5, 5.41) is 5.94. The molecule has 0 radical (unpaired) electrons. The van der Waals surface area contributed by atoms with Crippen LogP contribution >= 0.6 is 11.3 Å². The Morgan fingerprint density at radius 3 is 2.96 bits per heavy atom. The van der Waals surface area contributed by atoms with Crippen LogP contribution in [0.15, 0.2) is 29.6 Å². The van der Waals surface area contributed by atoms with Crippen molar-refractivity contribution in [1.29, 1.82) is 0 Å². The minimum atomic E-state index is -0.107. The third-order valence-corrected chi connectivity index (χ3v) is 5.35. The number of aromatic nitrogens is 2. The third-order valence-electron chi connectivity index (χ3n) is 4.53. The van der Waals surface area contributed by atoms with Crippen molar-refractivity contribution in [1.82, 2.24) is 20.4 Å². The molecule has 0 spiro atoms. The maximum Gasteiger partial charge on any atom is 0.282 e. The van der Waals surface area contributed by atoms with Crippen LogP contribution in [0.25, 0.3) is 10.9 Å². The molecule has 0 unspecified atom stereocenters. The highest BCUT2D eigenvalue weighted by atomic mass is 32.1. The van der Waals surface area contributed by atoms with Crippen molar-refractivity contribution < 1.29 is 9.53 Å². The molecule has 1 aliphatic rings. The molecule has 1 fully saturated rings. The van der Waals surface area contributed by atoms with E-state index in [0.29, 0.717) is 12.3 Å². The lowest BCUT2D eigenvalue weighted by molar-refractivity contribution is 0.0745. The van der Waals surface area contributed by atoms with Gasteiger partial charge in [-0.1, -0.05) is 12.5 Å². The van der Waals surface area contributed by atoms with Crippen LogP contribution in [0, 0.1) is 6.92 Å². The first-order valence-electron chi connectivity index (χ1n) is 8.90. The summed E-state index contributed by atoms with van der Waals surface area (Å²) < 4.78 is 5.94. The fraction of sp³-hybridized carbons (Fsp3) is 0.368. The number of ether oxygens (including phenoxy) is 1. The molecule has 0 bridgehead atoms. The van der Waals surface area contributed by atoms with E-state index in [1.165, 1.54) is 6.42 Å². The number of nitrogens with one attached hydrogen (secondary N) is 2. The zero-order valence-corrected chi connectivity index (χ0v) is 15.6. The Bertz CT molecular complexity index is 911. The number of carbonyl (C=O) groups excluding carboxylic acids is 1. The van der Waals surface area contributed by atoms with Crippen LogP contribution in [0.2, 0.25) is 0 Å². The van der Waals surface area contributed by atoms with Crippen LogP contribution in [-0.2, 0) is 6.61 Å². The summed E-state index contributed by atoms with van der Waals surface area (Å²) in [6.45, 7) is 4.22. The Labute approximate surface area is 156 Å². The largest absolute Gasteiger partial charge is 0.487 e. The highest BCUT2D eigenvalue weighted by Crippen LogP contribution is 2.27. The first-order chi connectivity index (χ1) is 12.7. The minimum Gasteiger partial charge on any atom is -0.487 e. The van der Waals surface area contributed by atoms with Crippen molar-refractivity contribution in [2.45, 2.75) is 32.8 Å². The zero-order valence-electron chi connectivity index (χ0n) is 14.7. The number of rotatable bonds is 5. The molecule has 7 heteroatoms. The predicted octanol–water partition coefficient (Wildman–Crippen LogP) is 3.64. The number of carbonyl (C=O) groups is 1. The van der Waals surface area contributed by atoms with E-state index in [4.69, 9.17) is 4.74 Å². The maximum absolute atomic E-state index is 12.5. The summed E-state index contributed by atoms with van der Waals surface area (Å²) in [5.74, 6) is 0.644. The number of fused-ring (bicyclic) bond motifs is 1. The fourth-order valence-electron chi connectivity index (χ4n) is 3.21. The summed E-state index contributed by atoms with van der Waals surface area (Å²) in [6.07, 6.45) is 3.49. The Morgan fingerprint density at radius 2 is 2.19 bits per heavy atom. The van der Waals surface area contributed by atoms with E-state index in [2.05, 4.69) is 15.4 Å². The van der Waals surface area contributed by atoms with E-state index >= 15 is 0 Å². The topological polar surface area (TPSA) is 70.2 Å². The van der Waals surface area contributed by atoms with Gasteiger partial charge in [0.05, 0.1) is 10.7 Å². The standard InChI is InChI=1S/C19H22N4O2S/c1-13-20-14(12-26-13)11-25-18-7-5-6-16-15(18)10-17(21-16)19(24)22-23-8-3-2-4-9-23/h5-7,10,12,21H,2-4,8-9,11H2,1H3,(H,22,24). The molecule has 2 N–H and O–H groups in total. The van der Waals surface area contributed by atoms with Crippen LogP contribution in [0.5, 0.6) is 5.75 Å². The van der Waals surface area contributed by atoms with Crippen molar-refractivity contribution in [2.75, 3.05) is 13.1 Å². The van der Waals surface area contributed by atoms with Gasteiger partial charge in [-0.15, -0.1) is 11.3 Å². The Kier molecular flexibility index (Phi) is 4.90. The molecular weight excluding hydrogens is 348 g/mol. The van der Waals surface area contributed by atoms with Crippen molar-refractivity contribution in [3.8, 4) is 5.75 Å². The van der Waals surface area contributed by atoms with Gasteiger partial charge in [0.25, 0.3) is 5.91 Å². The summed E-state index contributed by atoms with van der Waals surface area (Å²) in [6, 6.07) is 7.65. The number of thiazole rings is 1. The number of amides is 1. The molecule has 1 aromatic carbocycles. The molecule has 136 valence electrons. The summed E-state index contributed by atoms with van der Waals surface area (Å²) >= 11 is 1.61. The molecular formula is C19H22N4O2S. The van der Waals surface area contributed by atoms with Gasteiger partial charge in [-0.05, 0) is 38.0 Å². The van der Waals surface area contributed by atoms with Crippen LogP contribution < -0.4 is 10.2 Å². The van der Waals surface area contributed by atoms with Crippen molar-refractivity contribution >= 4 is 28.1 Å². The molecule has 3 heterocycles. The number of hydrogen-bond donors (Lipinski definition) is 2. The number of aromatic amines is 1. The van der Waals surface area contributed by atoms with Crippen LogP contribution in [-0.4, -0.2) is 34.0 Å². The quantitative estimate of drug-likeness (QED) is 0.719. The molecule has 3 aromatic rings. The summed E-state index contributed by atoms with van der Waals surface area (Å²) in [4.78, 5) is 20.2. The summed E-state index contributed by atoms with van der Waals surface area (Å²) in [5.41, 5.74) is 5.35. The van der Waals surface area contributed by atoms with Gasteiger partial charge < -0.3 is 9.72 Å². The Hall–Kier alpha value is -2.38. The lowest BCUT2D eigenvalue weighted by Crippen LogP contribution is -2.45. The SMILES string of the molecule is Cc1nc(COc2cccc3[nH]c(C(=O)NN4CCCCC4)cc23)cs1. The Morgan fingerprint density at radius 1 is 1.35 bits per heavy atom. The fourth-order valence-corrected chi connectivity index (χ4v) is 3.81. The second-order valence-electron chi connectivity index (χ2n) is 6.54. The average molecular weight is 370 g/mol. The van der Waals surface area contributed by atoms with Gasteiger partial charge in [-0.3, -0.25) is 10.2 Å². The first-order valence-corrected chi connectivity index (χ1v) is 9.78. The van der Waals surface area contributed by atoms with Crippen LogP contribution in [0.3, 0.4) is 0 Å². The molecule has 1 aliphatic heterocycles. The molecule has 0 atom stereocenters. The molecule has 4 rings (SSSR count). The number of piperidine rings is 1. The maximum atomic E-state index is 12.5. The Balaban J connectivity index is 1.50. The lowest BCUT2D eigenvalue weighted by Gasteiger charge is -2.26.